The average Bonchev–Trinajstić information content (AvgIpc) is 2.15. The van der Waals surface area contributed by atoms with Gasteiger partial charge >= 0.3 is 6.18 Å². The topological polar surface area (TPSA) is 15.3 Å². The number of rotatable bonds is 0. The first-order chi connectivity index (χ1) is 6.45. The summed E-state index contributed by atoms with van der Waals surface area (Å²) in [5.74, 6) is -1.15. The van der Waals surface area contributed by atoms with Crippen molar-refractivity contribution in [1.82, 2.24) is 10.2 Å². The second kappa shape index (κ2) is 4.33. The molecule has 0 saturated carbocycles. The maximum atomic E-state index is 12.3. The molecule has 1 heterocycles. The minimum Gasteiger partial charge on any atom is -0.366 e. The van der Waals surface area contributed by atoms with E-state index in [-0.39, 0.29) is 12.8 Å². The highest BCUT2D eigenvalue weighted by molar-refractivity contribution is 7.80. The van der Waals surface area contributed by atoms with Crippen molar-refractivity contribution < 1.29 is 13.2 Å². The summed E-state index contributed by atoms with van der Waals surface area (Å²) in [6.45, 7) is 0.785. The number of hydrogen-bond donors (Lipinski definition) is 1. The van der Waals surface area contributed by atoms with Gasteiger partial charge in [0.15, 0.2) is 5.11 Å². The fraction of sp³-hybridized carbons (Fsp3) is 0.875. The van der Waals surface area contributed by atoms with Gasteiger partial charge in [0.05, 0.1) is 5.92 Å². The minimum atomic E-state index is -4.05. The summed E-state index contributed by atoms with van der Waals surface area (Å²) < 4.78 is 36.9. The van der Waals surface area contributed by atoms with E-state index in [4.69, 9.17) is 12.2 Å². The Balaban J connectivity index is 2.43. The normalized spacial score (nSPS) is 19.6. The van der Waals surface area contributed by atoms with Crippen LogP contribution in [-0.2, 0) is 0 Å². The van der Waals surface area contributed by atoms with Crippen LogP contribution in [0.3, 0.4) is 0 Å². The Labute approximate surface area is 86.5 Å². The molecule has 1 aliphatic rings. The molecule has 0 bridgehead atoms. The number of hydrogen-bond acceptors (Lipinski definition) is 1. The van der Waals surface area contributed by atoms with E-state index in [1.165, 1.54) is 0 Å². The molecule has 1 N–H and O–H groups in total. The van der Waals surface area contributed by atoms with Gasteiger partial charge in [0.2, 0.25) is 0 Å². The summed E-state index contributed by atoms with van der Waals surface area (Å²) in [4.78, 5) is 1.78. The first kappa shape index (κ1) is 11.6. The molecule has 0 spiro atoms. The van der Waals surface area contributed by atoms with E-state index in [1.54, 1.807) is 11.9 Å². The van der Waals surface area contributed by atoms with Crippen molar-refractivity contribution in [3.63, 3.8) is 0 Å². The van der Waals surface area contributed by atoms with Crippen molar-refractivity contribution in [2.24, 2.45) is 5.92 Å². The van der Waals surface area contributed by atoms with Crippen LogP contribution in [0.5, 0.6) is 0 Å². The van der Waals surface area contributed by atoms with E-state index >= 15 is 0 Å². The molecule has 1 saturated heterocycles. The van der Waals surface area contributed by atoms with E-state index in [2.05, 4.69) is 5.32 Å². The van der Waals surface area contributed by atoms with Gasteiger partial charge in [0.1, 0.15) is 0 Å². The molecule has 2 nitrogen and oxygen atoms in total. The van der Waals surface area contributed by atoms with Crippen LogP contribution in [0.2, 0.25) is 0 Å². The second-order valence-corrected chi connectivity index (χ2v) is 3.74. The molecule has 0 radical (unpaired) electrons. The van der Waals surface area contributed by atoms with Crippen molar-refractivity contribution >= 4 is 17.3 Å². The molecule has 1 rings (SSSR count). The first-order valence-corrected chi connectivity index (χ1v) is 4.89. The van der Waals surface area contributed by atoms with E-state index in [0.717, 1.165) is 0 Å². The minimum absolute atomic E-state index is 0.144. The molecule has 0 unspecified atom stereocenters. The molecule has 0 aromatic rings. The maximum absolute atomic E-state index is 12.3. The number of nitrogens with zero attached hydrogens (tertiary/aromatic N) is 1. The molecule has 82 valence electrons. The van der Waals surface area contributed by atoms with Crippen LogP contribution in [0.25, 0.3) is 0 Å². The monoisotopic (exact) mass is 226 g/mol. The molecule has 6 heteroatoms. The Morgan fingerprint density at radius 2 is 1.86 bits per heavy atom. The van der Waals surface area contributed by atoms with Crippen LogP contribution in [-0.4, -0.2) is 36.3 Å². The third-order valence-corrected chi connectivity index (χ3v) is 2.92. The van der Waals surface area contributed by atoms with Gasteiger partial charge in [-0.1, -0.05) is 0 Å². The molecule has 0 aromatic carbocycles. The molecule has 0 aliphatic carbocycles. The lowest BCUT2D eigenvalue weighted by atomic mass is 9.97. The van der Waals surface area contributed by atoms with Crippen LogP contribution in [0.1, 0.15) is 12.8 Å². The van der Waals surface area contributed by atoms with E-state index in [0.29, 0.717) is 18.2 Å². The lowest BCUT2D eigenvalue weighted by molar-refractivity contribution is -0.183. The fourth-order valence-electron chi connectivity index (χ4n) is 1.57. The Kier molecular flexibility index (Phi) is 3.58. The third kappa shape index (κ3) is 2.73. The van der Waals surface area contributed by atoms with Gasteiger partial charge in [-0.2, -0.15) is 13.2 Å². The zero-order chi connectivity index (χ0) is 10.8. The molecular formula is C8H13F3N2S. The average molecular weight is 226 g/mol. The van der Waals surface area contributed by atoms with Crippen LogP contribution < -0.4 is 5.32 Å². The molecular weight excluding hydrogens is 213 g/mol. The van der Waals surface area contributed by atoms with Crippen molar-refractivity contribution in [2.75, 3.05) is 20.1 Å². The Morgan fingerprint density at radius 3 is 2.21 bits per heavy atom. The van der Waals surface area contributed by atoms with Gasteiger partial charge in [0, 0.05) is 20.1 Å². The lowest BCUT2D eigenvalue weighted by Gasteiger charge is -2.34. The highest BCUT2D eigenvalue weighted by Crippen LogP contribution is 2.33. The SMILES string of the molecule is CNC(=S)N1CCC(C(F)(F)F)CC1. The molecule has 1 fully saturated rings. The van der Waals surface area contributed by atoms with Gasteiger partial charge in [-0.3, -0.25) is 0 Å². The summed E-state index contributed by atoms with van der Waals surface area (Å²) in [7, 11) is 1.68. The van der Waals surface area contributed by atoms with Crippen molar-refractivity contribution in [1.29, 1.82) is 0 Å². The second-order valence-electron chi connectivity index (χ2n) is 3.36. The van der Waals surface area contributed by atoms with Crippen LogP contribution >= 0.6 is 12.2 Å². The molecule has 0 amide bonds. The highest BCUT2D eigenvalue weighted by Gasteiger charge is 2.41. The number of piperidine rings is 1. The zero-order valence-corrected chi connectivity index (χ0v) is 8.71. The van der Waals surface area contributed by atoms with Gasteiger partial charge in [-0.05, 0) is 25.1 Å². The van der Waals surface area contributed by atoms with Crippen LogP contribution in [0.4, 0.5) is 13.2 Å². The molecule has 0 aromatic heterocycles. The number of halogens is 3. The van der Waals surface area contributed by atoms with Gasteiger partial charge < -0.3 is 10.2 Å². The Morgan fingerprint density at radius 1 is 1.36 bits per heavy atom. The summed E-state index contributed by atoms with van der Waals surface area (Å²) >= 11 is 4.94. The molecule has 1 aliphatic heterocycles. The smallest absolute Gasteiger partial charge is 0.366 e. The summed E-state index contributed by atoms with van der Waals surface area (Å²) in [5.41, 5.74) is 0. The van der Waals surface area contributed by atoms with Crippen molar-refractivity contribution in [2.45, 2.75) is 19.0 Å². The molecule has 14 heavy (non-hydrogen) atoms. The maximum Gasteiger partial charge on any atom is 0.391 e. The zero-order valence-electron chi connectivity index (χ0n) is 7.90. The fourth-order valence-corrected chi connectivity index (χ4v) is 1.75. The summed E-state index contributed by atoms with van der Waals surface area (Å²) in [6.07, 6.45) is -3.76. The standard InChI is InChI=1S/C8H13F3N2S/c1-12-7(14)13-4-2-6(3-5-13)8(9,10)11/h6H,2-5H2,1H3,(H,12,14). The van der Waals surface area contributed by atoms with Crippen LogP contribution in [0, 0.1) is 5.92 Å². The number of likely N-dealkylation sites (tertiary alicyclic amines) is 1. The predicted molar refractivity (Wildman–Crippen MR) is 52.0 cm³/mol. The first-order valence-electron chi connectivity index (χ1n) is 4.48. The van der Waals surface area contributed by atoms with E-state index < -0.39 is 12.1 Å². The molecule has 0 atom stereocenters. The van der Waals surface area contributed by atoms with Crippen molar-refractivity contribution in [3.8, 4) is 0 Å². The summed E-state index contributed by atoms with van der Waals surface area (Å²) in [6, 6.07) is 0. The Hall–Kier alpha value is -0.520. The third-order valence-electron chi connectivity index (χ3n) is 2.46. The number of alkyl halides is 3. The highest BCUT2D eigenvalue weighted by atomic mass is 32.1. The lowest BCUT2D eigenvalue weighted by Crippen LogP contribution is -2.45. The Bertz CT molecular complexity index is 209. The van der Waals surface area contributed by atoms with Crippen LogP contribution in [0.15, 0.2) is 0 Å². The van der Waals surface area contributed by atoms with Gasteiger partial charge in [-0.25, -0.2) is 0 Å². The van der Waals surface area contributed by atoms with Crippen molar-refractivity contribution in [3.05, 3.63) is 0 Å². The quantitative estimate of drug-likeness (QED) is 0.634. The number of nitrogens with one attached hydrogen (secondary N) is 1. The summed E-state index contributed by atoms with van der Waals surface area (Å²) in [5, 5.41) is 3.30. The number of thiocarbonyl (C=S) groups is 1. The van der Waals surface area contributed by atoms with E-state index in [1.807, 2.05) is 0 Å². The van der Waals surface area contributed by atoms with Gasteiger partial charge in [-0.15, -0.1) is 0 Å². The van der Waals surface area contributed by atoms with Gasteiger partial charge in [0.25, 0.3) is 0 Å². The largest absolute Gasteiger partial charge is 0.391 e. The van der Waals surface area contributed by atoms with E-state index in [9.17, 15) is 13.2 Å². The predicted octanol–water partition coefficient (Wildman–Crippen LogP) is 1.77.